The summed E-state index contributed by atoms with van der Waals surface area (Å²) in [5.41, 5.74) is 0. The van der Waals surface area contributed by atoms with E-state index in [1.807, 2.05) is 13.8 Å². The van der Waals surface area contributed by atoms with Crippen LogP contribution >= 0.6 is 80.5 Å². The van der Waals surface area contributed by atoms with Gasteiger partial charge in [0.05, 0.1) is 44.4 Å². The molecule has 0 amide bonds. The van der Waals surface area contributed by atoms with E-state index < -0.39 is 74.4 Å². The van der Waals surface area contributed by atoms with Gasteiger partial charge in [-0.2, -0.15) is 17.3 Å². The minimum atomic E-state index is -3.04. The Bertz CT molecular complexity index is 1220. The normalized spacial score (nSPS) is 28.9. The Labute approximate surface area is 524 Å². The van der Waals surface area contributed by atoms with Gasteiger partial charge in [-0.05, 0) is 13.3 Å². The number of alkyl halides is 1. The monoisotopic (exact) mass is 2000 g/mol. The average Bonchev–Trinajstić information content (AvgIpc) is 4.06. The van der Waals surface area contributed by atoms with Crippen LogP contribution < -0.4 is 0 Å². The fraction of sp³-hybridized carbons (Fsp3) is 0.867. The summed E-state index contributed by atoms with van der Waals surface area (Å²) in [6.07, 6.45) is 0.695. The fourth-order valence-electron chi connectivity index (χ4n) is 4.25. The summed E-state index contributed by atoms with van der Waals surface area (Å²) in [5.74, 6) is 0. The van der Waals surface area contributed by atoms with Crippen LogP contribution in [0.5, 0.6) is 0 Å². The molecule has 366 valence electrons. The van der Waals surface area contributed by atoms with Gasteiger partial charge in [0.1, 0.15) is 8.39 Å². The van der Waals surface area contributed by atoms with Gasteiger partial charge in [0.15, 0.2) is 0 Å². The standard InChI is InChI=1S/C8H16O4P.C7H13FO4P.C7H14O5P.C7H14O4P.CH4O.FHS.HI.H2S.4Th/c1-4-7-8(5-6-11-7)12-13(3,9)10-2;1-10-13(2,9)12-6-3-4-11-7(6)5-8;1-10-13(2,9)12-5-7-6(8)3-4-11-7;1-6-7(4-5-10-6)11-12(3,8)9-2;2*1-2;;;;;;/h6-8H,4-5H2,1-3H3;4,6-7H,3,5H2,1-2H3;4,6-8H,3,5H2,1-2H3;5-7H,4H2,1-3H3;2H,1H3;2H;1H;1H2;;;;/q4*-1;;;;;;;;/i;;;;2*2T;;;;;;/hT2. The first-order valence-electron chi connectivity index (χ1n) is 18.3. The maximum Gasteiger partial charge on any atom is 0.327 e. The van der Waals surface area contributed by atoms with Crippen molar-refractivity contribution >= 4 is 80.5 Å². The van der Waals surface area contributed by atoms with E-state index in [0.717, 1.165) is 6.42 Å². The van der Waals surface area contributed by atoms with Crippen LogP contribution in [-0.4, -0.2) is 139 Å². The molecule has 0 spiro atoms. The van der Waals surface area contributed by atoms with Crippen LogP contribution in [0.15, 0.2) is 0 Å². The van der Waals surface area contributed by atoms with Crippen LogP contribution in [-0.2, 0) is 73.4 Å². The number of ether oxygens (including phenoxy) is 4. The molecular weight excluding hydrogens is 1930 g/mol. The average molecular weight is 2000 g/mol. The SMILES string of the molecule is CCC1O[CH-]CC1OP(C)(=O)OC.COP(C)(=O)OC1C[CH-]OC1C.COP(C)(=O)OC1C[CH-]OC1CF.COP(C)(=O)OCC1O[CH-]CC1O.[3H]I.[3H]OC.[3H]S.[3H]SF.[Th].[Th].[Th].[Th]. The number of hydrogen-bond donors (Lipinski definition) is 3. The molecule has 2 N–H and O–H groups in total. The van der Waals surface area contributed by atoms with Gasteiger partial charge in [-0.3, -0.25) is 18.3 Å². The zero-order chi connectivity index (χ0) is 48.3. The summed E-state index contributed by atoms with van der Waals surface area (Å²) in [6.45, 7) is 15.3. The summed E-state index contributed by atoms with van der Waals surface area (Å²) < 4.78 is 150. The molecule has 0 bridgehead atoms. The molecule has 4 heterocycles. The van der Waals surface area contributed by atoms with Crippen molar-refractivity contribution in [1.29, 1.82) is 4.27 Å². The second kappa shape index (κ2) is 47.9. The molecule has 18 nitrogen and oxygen atoms in total. The smallest absolute Gasteiger partial charge is 0.327 e. The molecule has 61 heavy (non-hydrogen) atoms. The molecule has 0 aromatic heterocycles. The van der Waals surface area contributed by atoms with E-state index in [4.69, 9.17) is 50.4 Å². The summed E-state index contributed by atoms with van der Waals surface area (Å²) in [5, 5.41) is 12.8. The van der Waals surface area contributed by atoms with E-state index >= 15 is 0 Å². The second-order valence-corrected chi connectivity index (χ2v) is 20.2. The van der Waals surface area contributed by atoms with E-state index in [-0.39, 0.29) is 191 Å². The third-order valence-corrected chi connectivity index (χ3v) is 12.8. The van der Waals surface area contributed by atoms with Crippen molar-refractivity contribution in [3.8, 4) is 0 Å². The molecule has 0 aromatic rings. The summed E-state index contributed by atoms with van der Waals surface area (Å²) in [6, 6.07) is 0. The van der Waals surface area contributed by atoms with Crippen molar-refractivity contribution in [2.24, 2.45) is 0 Å². The van der Waals surface area contributed by atoms with Crippen molar-refractivity contribution in [2.75, 3.05) is 75.5 Å². The van der Waals surface area contributed by atoms with E-state index in [1.54, 1.807) is 13.2 Å². The van der Waals surface area contributed by atoms with Crippen molar-refractivity contribution in [1.82, 2.24) is 0 Å². The largest absolute Gasteiger partial charge is 0.548 e. The predicted molar refractivity (Wildman–Crippen MR) is 230 cm³/mol. The zero-order valence-corrected chi connectivity index (χ0v) is 59.9. The molecule has 31 heteroatoms. The first kappa shape index (κ1) is 74.5. The minimum absolute atomic E-state index is 0. The van der Waals surface area contributed by atoms with E-state index in [1.165, 1.54) is 99.2 Å². The summed E-state index contributed by atoms with van der Waals surface area (Å²) in [7, 11) is -5.05. The number of aliphatic hydroxyl groups excluding tert-OH is 2. The van der Waals surface area contributed by atoms with Crippen molar-refractivity contribution in [3.63, 3.8) is 0 Å². The van der Waals surface area contributed by atoms with Crippen LogP contribution in [0.4, 0.5) is 8.28 Å². The third-order valence-electron chi connectivity index (χ3n) is 7.56. The van der Waals surface area contributed by atoms with Gasteiger partial charge in [-0.25, -0.2) is 30.8 Å². The fourth-order valence-corrected chi connectivity index (χ4v) is 7.21. The first-order chi connectivity index (χ1) is 28.6. The van der Waals surface area contributed by atoms with Gasteiger partial charge in [0.2, 0.25) is 1.43 Å². The molecule has 4 fully saturated rings. The van der Waals surface area contributed by atoms with Crippen molar-refractivity contribution in [3.05, 3.63) is 26.4 Å². The van der Waals surface area contributed by atoms with Gasteiger partial charge in [0.25, 0.3) is 0 Å². The molecule has 12 atom stereocenters. The van der Waals surface area contributed by atoms with Crippen molar-refractivity contribution < 1.29 is 252 Å². The molecule has 0 radical (unpaired) electrons. The zero-order valence-electron chi connectivity index (χ0n) is 40.0. The summed E-state index contributed by atoms with van der Waals surface area (Å²) in [4.78, 5) is 0. The van der Waals surface area contributed by atoms with Gasteiger partial charge < -0.3 is 65.4 Å². The number of halogens is 3. The Kier molecular flexibility index (Phi) is 58.5. The van der Waals surface area contributed by atoms with E-state index in [9.17, 15) is 31.6 Å². The molecule has 4 aliphatic heterocycles. The van der Waals surface area contributed by atoms with Crippen LogP contribution in [0.1, 0.15) is 46.0 Å². The van der Waals surface area contributed by atoms with E-state index in [2.05, 4.69) is 27.6 Å². The molecule has 4 aliphatic rings. The minimum Gasteiger partial charge on any atom is -0.548 e. The molecular formula is C30H65F2IO18P4S2Th4-4. The number of hydrogen-bond acceptors (Lipinski definition) is 19. The second-order valence-electron chi connectivity index (χ2n) is 11.6. The number of aliphatic hydroxyl groups is 2. The molecule has 0 aromatic carbocycles. The van der Waals surface area contributed by atoms with Gasteiger partial charge >= 0.3 is 30.4 Å². The van der Waals surface area contributed by atoms with Gasteiger partial charge in [-0.1, -0.05) is 6.92 Å². The van der Waals surface area contributed by atoms with Crippen LogP contribution in [0.2, 0.25) is 0 Å². The van der Waals surface area contributed by atoms with Gasteiger partial charge in [0, 0.05) is 247 Å². The van der Waals surface area contributed by atoms with Crippen molar-refractivity contribution in [2.45, 2.75) is 94.8 Å². The molecule has 4 saturated heterocycles. The van der Waals surface area contributed by atoms with Crippen LogP contribution in [0.25, 0.3) is 0 Å². The Hall–Kier alpha value is 6.95. The third kappa shape index (κ3) is 40.1. The topological polar surface area (TPSA) is 219 Å². The first-order valence-corrected chi connectivity index (χ1v) is 25.0. The number of rotatable bonds is 15. The van der Waals surface area contributed by atoms with Crippen LogP contribution in [0.3, 0.4) is 0 Å². The number of thiol groups is 1. The van der Waals surface area contributed by atoms with Gasteiger partial charge in [-0.15, -0.1) is 49.5 Å². The maximum atomic E-state index is 12.3. The maximum absolute atomic E-state index is 12.3. The molecule has 0 saturated carbocycles. The Balaban J connectivity index is -0.000000102. The van der Waals surface area contributed by atoms with E-state index in [0.29, 0.717) is 25.7 Å². The molecule has 12 unspecified atom stereocenters. The quantitative estimate of drug-likeness (QED) is 0.0619. The van der Waals surface area contributed by atoms with Crippen LogP contribution in [0, 0.1) is 186 Å². The predicted octanol–water partition coefficient (Wildman–Crippen LogP) is 7.70. The molecule has 0 aliphatic carbocycles. The molecule has 4 rings (SSSR count). The Morgan fingerprint density at radius 2 is 1.07 bits per heavy atom. The Morgan fingerprint density at radius 1 is 0.738 bits per heavy atom. The Morgan fingerprint density at radius 3 is 1.39 bits per heavy atom. The summed E-state index contributed by atoms with van der Waals surface area (Å²) >= 11 is 3.68.